The monoisotopic (exact) mass is 820 g/mol. The molecule has 0 bridgehead atoms. The van der Waals surface area contributed by atoms with Crippen LogP contribution in [0.2, 0.25) is 0 Å². The molecule has 3 aliphatic heterocycles. The van der Waals surface area contributed by atoms with E-state index < -0.39 is 0 Å². The molecule has 0 spiro atoms. The summed E-state index contributed by atoms with van der Waals surface area (Å²) in [6, 6.07) is 63.2. The predicted octanol–water partition coefficient (Wildman–Crippen LogP) is 14.9. The van der Waals surface area contributed by atoms with Gasteiger partial charge in [-0.25, -0.2) is 0 Å². The van der Waals surface area contributed by atoms with Crippen molar-refractivity contribution in [1.82, 2.24) is 0 Å². The molecule has 3 nitrogen and oxygen atoms in total. The van der Waals surface area contributed by atoms with Gasteiger partial charge in [0.05, 0.1) is 15.5 Å². The van der Waals surface area contributed by atoms with Crippen LogP contribution in [0.3, 0.4) is 0 Å². The second-order valence-electron chi connectivity index (χ2n) is 19.1. The molecule has 302 valence electrons. The van der Waals surface area contributed by atoms with E-state index in [0.29, 0.717) is 0 Å². The van der Waals surface area contributed by atoms with Crippen molar-refractivity contribution in [2.75, 3.05) is 9.71 Å². The summed E-state index contributed by atoms with van der Waals surface area (Å²) in [5.74, 6) is 1.79. The number of anilines is 5. The van der Waals surface area contributed by atoms with E-state index in [4.69, 9.17) is 4.74 Å². The van der Waals surface area contributed by atoms with Crippen LogP contribution in [0.15, 0.2) is 180 Å². The Kier molecular flexibility index (Phi) is 8.89. The molecular weight excluding hydrogens is 772 g/mol. The average Bonchev–Trinajstić information content (AvgIpc) is 3.27. The largest absolute Gasteiger partial charge is 0.455 e. The van der Waals surface area contributed by atoms with Gasteiger partial charge in [0.1, 0.15) is 11.5 Å². The molecule has 3 heterocycles. The molecule has 0 saturated heterocycles. The van der Waals surface area contributed by atoms with Crippen molar-refractivity contribution in [2.24, 2.45) is 0 Å². The highest BCUT2D eigenvalue weighted by molar-refractivity contribution is 7.99. The van der Waals surface area contributed by atoms with Gasteiger partial charge < -0.3 is 14.4 Å². The standard InChI is InChI=1S/C57H49BN2OS/c1-36-30-44-41-22-14-15-23-47(41)60(48-29-27-40(57(5,6)7)33-43(48)38-20-12-9-13-21-38)58-45-34-52-54(62-53-25-17-16-24-51(53)61-52)35-49(45)59(50(31-36)55(44)58)46-28-26-39(56(2,3)4)32-42(46)37-18-10-8-11-19-37/h8-35H,1-7H3. The fraction of sp³-hybridized carbons (Fsp3) is 0.158. The van der Waals surface area contributed by atoms with Gasteiger partial charge in [0.15, 0.2) is 0 Å². The second kappa shape index (κ2) is 14.3. The van der Waals surface area contributed by atoms with Crippen molar-refractivity contribution < 1.29 is 4.74 Å². The van der Waals surface area contributed by atoms with Crippen molar-refractivity contribution in [3.8, 4) is 44.9 Å². The van der Waals surface area contributed by atoms with Crippen molar-refractivity contribution in [3.05, 3.63) is 187 Å². The van der Waals surface area contributed by atoms with Gasteiger partial charge in [0, 0.05) is 39.4 Å². The van der Waals surface area contributed by atoms with E-state index in [1.54, 1.807) is 11.8 Å². The van der Waals surface area contributed by atoms with E-state index in [1.807, 2.05) is 0 Å². The van der Waals surface area contributed by atoms with Crippen LogP contribution >= 0.6 is 11.8 Å². The number of benzene rings is 8. The van der Waals surface area contributed by atoms with Crippen LogP contribution in [0.25, 0.3) is 33.4 Å². The lowest BCUT2D eigenvalue weighted by molar-refractivity contribution is 0.455. The summed E-state index contributed by atoms with van der Waals surface area (Å²) < 4.78 is 6.88. The zero-order chi connectivity index (χ0) is 42.5. The highest BCUT2D eigenvalue weighted by Gasteiger charge is 2.47. The summed E-state index contributed by atoms with van der Waals surface area (Å²) in [6.45, 7) is 15.9. The Morgan fingerprint density at radius 2 is 1.03 bits per heavy atom. The number of fused-ring (bicyclic) bond motifs is 6. The lowest BCUT2D eigenvalue weighted by Gasteiger charge is -2.47. The lowest BCUT2D eigenvalue weighted by Crippen LogP contribution is -2.61. The first-order valence-electron chi connectivity index (χ1n) is 21.8. The van der Waals surface area contributed by atoms with Crippen LogP contribution in [-0.2, 0) is 10.8 Å². The molecule has 0 unspecified atom stereocenters. The third kappa shape index (κ3) is 6.28. The van der Waals surface area contributed by atoms with E-state index in [9.17, 15) is 0 Å². The van der Waals surface area contributed by atoms with E-state index in [-0.39, 0.29) is 17.7 Å². The van der Waals surface area contributed by atoms with Gasteiger partial charge >= 0.3 is 6.85 Å². The molecule has 0 aliphatic carbocycles. The Balaban J connectivity index is 1.25. The quantitative estimate of drug-likeness (QED) is 0.164. The van der Waals surface area contributed by atoms with Gasteiger partial charge in [-0.2, -0.15) is 0 Å². The number of ether oxygens (including phenoxy) is 1. The first-order valence-corrected chi connectivity index (χ1v) is 22.6. The molecule has 11 rings (SSSR count). The van der Waals surface area contributed by atoms with Crippen molar-refractivity contribution >= 4 is 58.0 Å². The van der Waals surface area contributed by atoms with Crippen LogP contribution in [0.4, 0.5) is 28.4 Å². The zero-order valence-electron chi connectivity index (χ0n) is 36.5. The number of para-hydroxylation sites is 2. The summed E-state index contributed by atoms with van der Waals surface area (Å²) in [7, 11) is 0. The molecule has 62 heavy (non-hydrogen) atoms. The SMILES string of the molecule is Cc1cc2c3c(c1)N(c1ccc(C(C)(C)C)cc1-c1ccccc1)c1cc4c(cc1B3N(c1ccc(C(C)(C)C)cc1-c1ccccc1)c1ccccc1-2)Oc1ccccc1S4. The van der Waals surface area contributed by atoms with Crippen LogP contribution < -0.4 is 25.4 Å². The molecule has 0 radical (unpaired) electrons. The molecule has 8 aromatic rings. The number of aryl methyl sites for hydroxylation is 1. The van der Waals surface area contributed by atoms with Crippen LogP contribution in [0, 0.1) is 6.92 Å². The Morgan fingerprint density at radius 1 is 0.452 bits per heavy atom. The number of nitrogens with zero attached hydrogens (tertiary/aromatic N) is 2. The second-order valence-corrected chi connectivity index (χ2v) is 20.2. The minimum atomic E-state index is -0.171. The molecule has 0 amide bonds. The molecule has 0 N–H and O–H groups in total. The lowest BCUT2D eigenvalue weighted by atomic mass is 9.43. The maximum Gasteiger partial charge on any atom is 0.333 e. The molecule has 0 atom stereocenters. The van der Waals surface area contributed by atoms with E-state index >= 15 is 0 Å². The molecule has 3 aliphatic rings. The first-order chi connectivity index (χ1) is 29.9. The minimum Gasteiger partial charge on any atom is -0.455 e. The van der Waals surface area contributed by atoms with Crippen LogP contribution in [-0.4, -0.2) is 6.85 Å². The van der Waals surface area contributed by atoms with E-state index in [2.05, 4.69) is 228 Å². The van der Waals surface area contributed by atoms with Crippen LogP contribution in [0.1, 0.15) is 58.2 Å². The Bertz CT molecular complexity index is 3070. The van der Waals surface area contributed by atoms with Gasteiger partial charge in [-0.05, 0) is 123 Å². The zero-order valence-corrected chi connectivity index (χ0v) is 37.3. The third-order valence-corrected chi connectivity index (χ3v) is 13.9. The molecular formula is C57H49BN2OS. The van der Waals surface area contributed by atoms with E-state index in [0.717, 1.165) is 32.7 Å². The molecule has 0 aromatic heterocycles. The molecule has 0 fully saturated rings. The molecule has 0 saturated carbocycles. The Hall–Kier alpha value is -6.43. The maximum absolute atomic E-state index is 6.88. The predicted molar refractivity (Wildman–Crippen MR) is 264 cm³/mol. The highest BCUT2D eigenvalue weighted by Crippen LogP contribution is 2.54. The summed E-state index contributed by atoms with van der Waals surface area (Å²) in [4.78, 5) is 7.44. The Labute approximate surface area is 371 Å². The average molecular weight is 821 g/mol. The Morgan fingerprint density at radius 3 is 1.71 bits per heavy atom. The van der Waals surface area contributed by atoms with Gasteiger partial charge in [-0.1, -0.05) is 162 Å². The van der Waals surface area contributed by atoms with Crippen molar-refractivity contribution in [2.45, 2.75) is 69.1 Å². The summed E-state index contributed by atoms with van der Waals surface area (Å²) in [5.41, 5.74) is 19.5. The smallest absolute Gasteiger partial charge is 0.333 e. The fourth-order valence-electron chi connectivity index (χ4n) is 9.71. The van der Waals surface area contributed by atoms with Gasteiger partial charge in [0.25, 0.3) is 0 Å². The van der Waals surface area contributed by atoms with Gasteiger partial charge in [-0.15, -0.1) is 0 Å². The van der Waals surface area contributed by atoms with Gasteiger partial charge in [0.2, 0.25) is 0 Å². The van der Waals surface area contributed by atoms with Crippen molar-refractivity contribution in [1.29, 1.82) is 0 Å². The third-order valence-electron chi connectivity index (χ3n) is 12.8. The first kappa shape index (κ1) is 38.5. The summed E-state index contributed by atoms with van der Waals surface area (Å²) in [5, 5.41) is 0. The van der Waals surface area contributed by atoms with Crippen LogP contribution in [0.5, 0.6) is 11.5 Å². The molecule has 5 heteroatoms. The minimum absolute atomic E-state index is 0.0273. The van der Waals surface area contributed by atoms with Crippen molar-refractivity contribution in [3.63, 3.8) is 0 Å². The normalized spacial score (nSPS) is 13.7. The molecule has 8 aromatic carbocycles. The van der Waals surface area contributed by atoms with Gasteiger partial charge in [-0.3, -0.25) is 0 Å². The van der Waals surface area contributed by atoms with E-state index in [1.165, 1.54) is 78.1 Å². The summed E-state index contributed by atoms with van der Waals surface area (Å²) >= 11 is 1.79. The number of hydrogen-bond donors (Lipinski definition) is 0. The highest BCUT2D eigenvalue weighted by atomic mass is 32.2. The maximum atomic E-state index is 6.88. The topological polar surface area (TPSA) is 15.7 Å². The number of rotatable bonds is 4. The number of hydrogen-bond acceptors (Lipinski definition) is 4. The summed E-state index contributed by atoms with van der Waals surface area (Å²) in [6.07, 6.45) is 0. The fourth-order valence-corrected chi connectivity index (χ4v) is 10.7.